The summed E-state index contributed by atoms with van der Waals surface area (Å²) >= 11 is 13.1. The molecular weight excluding hydrogens is 463 g/mol. The molecule has 5 heterocycles. The van der Waals surface area contributed by atoms with Crippen LogP contribution >= 0.6 is 23.2 Å². The van der Waals surface area contributed by atoms with Crippen LogP contribution in [0.4, 0.5) is 5.95 Å². The number of fused-ring (bicyclic) bond motifs is 4. The average Bonchev–Trinajstić information content (AvgIpc) is 3.54. The molecule has 6 rings (SSSR count). The third kappa shape index (κ3) is 2.88. The first-order valence-electron chi connectivity index (χ1n) is 11.2. The molecule has 2 aliphatic heterocycles. The first kappa shape index (κ1) is 20.9. The number of anilines is 1. The van der Waals surface area contributed by atoms with E-state index in [9.17, 15) is 4.79 Å². The molecule has 2 fully saturated rings. The van der Waals surface area contributed by atoms with Gasteiger partial charge in [0.1, 0.15) is 16.2 Å². The number of benzene rings is 1. The lowest BCUT2D eigenvalue weighted by atomic mass is 9.96. The first-order chi connectivity index (χ1) is 15.9. The van der Waals surface area contributed by atoms with Crippen molar-refractivity contribution < 1.29 is 0 Å². The third-order valence-corrected chi connectivity index (χ3v) is 7.96. The van der Waals surface area contributed by atoms with E-state index in [-0.39, 0.29) is 5.56 Å². The molecule has 2 saturated heterocycles. The zero-order valence-electron chi connectivity index (χ0n) is 18.6. The van der Waals surface area contributed by atoms with Gasteiger partial charge in [0.05, 0.1) is 15.9 Å². The van der Waals surface area contributed by atoms with Crippen LogP contribution in [0, 0.1) is 0 Å². The highest BCUT2D eigenvalue weighted by Gasteiger charge is 2.47. The molecule has 33 heavy (non-hydrogen) atoms. The smallest absolute Gasteiger partial charge is 0.266 e. The van der Waals surface area contributed by atoms with Crippen LogP contribution in [0.3, 0.4) is 0 Å². The summed E-state index contributed by atoms with van der Waals surface area (Å²) in [4.78, 5) is 20.8. The van der Waals surface area contributed by atoms with Crippen molar-refractivity contribution in [1.82, 2.24) is 34.8 Å². The van der Waals surface area contributed by atoms with E-state index in [1.165, 1.54) is 0 Å². The second-order valence-electron chi connectivity index (χ2n) is 8.91. The summed E-state index contributed by atoms with van der Waals surface area (Å²) in [5.74, 6) is 0.687. The Balaban J connectivity index is 1.50. The van der Waals surface area contributed by atoms with Crippen molar-refractivity contribution in [3.63, 3.8) is 0 Å². The van der Waals surface area contributed by atoms with Gasteiger partial charge < -0.3 is 10.2 Å². The average molecular weight is 487 g/mol. The van der Waals surface area contributed by atoms with Gasteiger partial charge >= 0.3 is 0 Å². The van der Waals surface area contributed by atoms with Crippen LogP contribution < -0.4 is 15.8 Å². The zero-order chi connectivity index (χ0) is 23.0. The maximum Gasteiger partial charge on any atom is 0.266 e. The molecule has 9 nitrogen and oxygen atoms in total. The Bertz CT molecular complexity index is 1470. The molecule has 2 aliphatic rings. The van der Waals surface area contributed by atoms with Gasteiger partial charge in [-0.2, -0.15) is 15.2 Å². The van der Waals surface area contributed by atoms with Crippen molar-refractivity contribution in [2.75, 3.05) is 11.4 Å². The summed E-state index contributed by atoms with van der Waals surface area (Å²) in [6.07, 6.45) is 3.30. The van der Waals surface area contributed by atoms with E-state index in [2.05, 4.69) is 32.4 Å². The monoisotopic (exact) mass is 486 g/mol. The maximum absolute atomic E-state index is 13.6. The zero-order valence-corrected chi connectivity index (χ0v) is 20.1. The van der Waals surface area contributed by atoms with Crippen LogP contribution in [0.15, 0.2) is 16.9 Å². The summed E-state index contributed by atoms with van der Waals surface area (Å²) in [6.45, 7) is 3.06. The van der Waals surface area contributed by atoms with E-state index in [0.717, 1.165) is 25.8 Å². The molecule has 0 amide bonds. The minimum atomic E-state index is -0.154. The van der Waals surface area contributed by atoms with Crippen molar-refractivity contribution in [2.45, 2.75) is 44.3 Å². The minimum Gasteiger partial charge on any atom is -0.335 e. The number of nitrogens with one attached hydrogen (secondary N) is 2. The van der Waals surface area contributed by atoms with E-state index in [4.69, 9.17) is 28.2 Å². The lowest BCUT2D eigenvalue weighted by Crippen LogP contribution is -2.42. The standard InChI is InChI=1S/C22H24Cl2N8O/c1-4-25-13-9-10-5-8-14(13)32(10)22-26-20-16(21(33)30(22)2)18(27-28-20)11-6-7-12-15(17(11)23)19(24)31(3)29-12/h6-7,10,13-14,25H,4-5,8-9H2,1-3H3,(H,27,28)/t10-,13+,14?/m0/s1. The molecule has 1 unspecified atom stereocenters. The van der Waals surface area contributed by atoms with Gasteiger partial charge in [-0.25, -0.2) is 0 Å². The highest BCUT2D eigenvalue weighted by atomic mass is 35.5. The Hall–Kier alpha value is -2.62. The van der Waals surface area contributed by atoms with Crippen molar-refractivity contribution in [1.29, 1.82) is 0 Å². The molecule has 3 atom stereocenters. The normalized spacial score (nSPS) is 22.3. The number of halogens is 2. The number of hydrogen-bond donors (Lipinski definition) is 2. The molecule has 0 saturated carbocycles. The van der Waals surface area contributed by atoms with Crippen molar-refractivity contribution in [2.24, 2.45) is 14.1 Å². The second kappa shape index (κ2) is 7.44. The molecular formula is C22H24Cl2N8O. The van der Waals surface area contributed by atoms with Crippen LogP contribution in [0.25, 0.3) is 33.2 Å². The van der Waals surface area contributed by atoms with Gasteiger partial charge in [-0.3, -0.25) is 19.1 Å². The molecule has 3 aromatic heterocycles. The SMILES string of the molecule is CCN[C@@H]1C[C@@H]2CCC1N2c1nc2[nH]nc(-c3ccc4nn(C)c(Cl)c4c3Cl)c2c(=O)n1C. The van der Waals surface area contributed by atoms with Gasteiger partial charge in [0.15, 0.2) is 5.65 Å². The van der Waals surface area contributed by atoms with Crippen LogP contribution in [0.5, 0.6) is 0 Å². The van der Waals surface area contributed by atoms with Crippen molar-refractivity contribution >= 4 is 51.1 Å². The minimum absolute atomic E-state index is 0.154. The van der Waals surface area contributed by atoms with E-state index in [1.54, 1.807) is 23.3 Å². The number of aromatic nitrogens is 6. The second-order valence-corrected chi connectivity index (χ2v) is 9.65. The van der Waals surface area contributed by atoms with E-state index >= 15 is 0 Å². The van der Waals surface area contributed by atoms with E-state index in [1.807, 2.05) is 12.1 Å². The molecule has 4 aromatic rings. The molecule has 0 spiro atoms. The fourth-order valence-corrected chi connectivity index (χ4v) is 6.27. The highest BCUT2D eigenvalue weighted by Crippen LogP contribution is 2.41. The molecule has 11 heteroatoms. The van der Waals surface area contributed by atoms with Gasteiger partial charge in [0.2, 0.25) is 5.95 Å². The van der Waals surface area contributed by atoms with Gasteiger partial charge in [-0.1, -0.05) is 30.1 Å². The molecule has 0 radical (unpaired) electrons. The Labute approximate surface area is 199 Å². The fraction of sp³-hybridized carbons (Fsp3) is 0.455. The predicted molar refractivity (Wildman–Crippen MR) is 130 cm³/mol. The first-order valence-corrected chi connectivity index (χ1v) is 11.9. The maximum atomic E-state index is 13.6. The summed E-state index contributed by atoms with van der Waals surface area (Å²) < 4.78 is 3.22. The van der Waals surface area contributed by atoms with Crippen molar-refractivity contribution in [3.8, 4) is 11.3 Å². The quantitative estimate of drug-likeness (QED) is 0.459. The summed E-state index contributed by atoms with van der Waals surface area (Å²) in [5.41, 5.74) is 2.07. The Morgan fingerprint density at radius 2 is 2.03 bits per heavy atom. The van der Waals surface area contributed by atoms with Crippen LogP contribution in [-0.2, 0) is 14.1 Å². The number of likely N-dealkylation sites (N-methyl/N-ethyl adjacent to an activating group) is 1. The van der Waals surface area contributed by atoms with Gasteiger partial charge in [0, 0.05) is 37.8 Å². The van der Waals surface area contributed by atoms with Gasteiger partial charge in [-0.15, -0.1) is 0 Å². The molecule has 172 valence electrons. The topological polar surface area (TPSA) is 96.7 Å². The Morgan fingerprint density at radius 3 is 2.82 bits per heavy atom. The Morgan fingerprint density at radius 1 is 1.21 bits per heavy atom. The third-order valence-electron chi connectivity index (χ3n) is 7.13. The summed E-state index contributed by atoms with van der Waals surface area (Å²) in [5, 5.41) is 17.3. The van der Waals surface area contributed by atoms with Gasteiger partial charge in [-0.05, 0) is 37.9 Å². The fourth-order valence-electron chi connectivity index (χ4n) is 5.65. The predicted octanol–water partition coefficient (Wildman–Crippen LogP) is 3.24. The summed E-state index contributed by atoms with van der Waals surface area (Å²) in [7, 11) is 3.54. The number of aryl methyl sites for hydroxylation is 1. The van der Waals surface area contributed by atoms with Crippen molar-refractivity contribution in [3.05, 3.63) is 32.7 Å². The Kier molecular flexibility index (Phi) is 4.73. The van der Waals surface area contributed by atoms with E-state index in [0.29, 0.717) is 67.4 Å². The van der Waals surface area contributed by atoms with Crippen LogP contribution in [0.2, 0.25) is 10.2 Å². The molecule has 1 aromatic carbocycles. The van der Waals surface area contributed by atoms with Crippen LogP contribution in [-0.4, -0.2) is 54.2 Å². The largest absolute Gasteiger partial charge is 0.335 e. The molecule has 2 bridgehead atoms. The lowest BCUT2D eigenvalue weighted by molar-refractivity contribution is 0.426. The van der Waals surface area contributed by atoms with E-state index < -0.39 is 0 Å². The number of nitrogens with zero attached hydrogens (tertiary/aromatic N) is 6. The number of aromatic amines is 1. The molecule has 0 aliphatic carbocycles. The lowest BCUT2D eigenvalue weighted by Gasteiger charge is -2.26. The number of rotatable bonds is 4. The highest BCUT2D eigenvalue weighted by molar-refractivity contribution is 6.43. The summed E-state index contributed by atoms with van der Waals surface area (Å²) in [6, 6.07) is 4.81. The molecule has 2 N–H and O–H groups in total. The van der Waals surface area contributed by atoms with Gasteiger partial charge in [0.25, 0.3) is 5.56 Å². The number of hydrogen-bond acceptors (Lipinski definition) is 6. The van der Waals surface area contributed by atoms with Crippen LogP contribution in [0.1, 0.15) is 26.2 Å². The number of H-pyrrole nitrogens is 1.